The quantitative estimate of drug-likeness (QED) is 0.0551. The smallest absolute Gasteiger partial charge is 0.474 e. The number of aromatic nitrogens is 6. The number of benzene rings is 2. The number of nitrogens with one attached hydrogen (secondary N) is 1. The van der Waals surface area contributed by atoms with Gasteiger partial charge in [-0.3, -0.25) is 32.5 Å². The first kappa shape index (κ1) is 45.7. The fraction of sp³-hybridized carbons (Fsp3) is 0.371. The van der Waals surface area contributed by atoms with Crippen LogP contribution in [-0.2, 0) is 42.5 Å². The van der Waals surface area contributed by atoms with Gasteiger partial charge >= 0.3 is 26.3 Å². The van der Waals surface area contributed by atoms with Gasteiger partial charge in [0.15, 0.2) is 23.9 Å². The zero-order valence-electron chi connectivity index (χ0n) is 32.3. The predicted octanol–water partition coefficient (Wildman–Crippen LogP) is 4.50. The summed E-state index contributed by atoms with van der Waals surface area (Å²) in [6.07, 6.45) is -7.95. The first-order valence-electron chi connectivity index (χ1n) is 17.9. The lowest BCUT2D eigenvalue weighted by molar-refractivity contribution is -0.0807. The second-order valence-electron chi connectivity index (χ2n) is 12.9. The Morgan fingerprint density at radius 2 is 1.77 bits per heavy atom. The van der Waals surface area contributed by atoms with Gasteiger partial charge < -0.3 is 34.1 Å². The summed E-state index contributed by atoms with van der Waals surface area (Å²) in [7, 11) is -1.62. The summed E-state index contributed by atoms with van der Waals surface area (Å²) in [4.78, 5) is 61.0. The number of alkyl halides is 2. The van der Waals surface area contributed by atoms with Crippen molar-refractivity contribution < 1.29 is 64.6 Å². The molecule has 2 aromatic carbocycles. The van der Waals surface area contributed by atoms with Crippen molar-refractivity contribution in [1.29, 1.82) is 0 Å². The van der Waals surface area contributed by atoms with E-state index in [-0.39, 0.29) is 34.9 Å². The van der Waals surface area contributed by atoms with Gasteiger partial charge in [0.2, 0.25) is 0 Å². The van der Waals surface area contributed by atoms with Crippen molar-refractivity contribution in [2.75, 3.05) is 40.3 Å². The van der Waals surface area contributed by atoms with E-state index in [1.54, 1.807) is 36.4 Å². The van der Waals surface area contributed by atoms with Gasteiger partial charge in [0, 0.05) is 38.7 Å². The SMILES string of the molecule is COc1ccc(C(=O)Oc2ccc(CSP(=O)(OC)OC[C@@H](OC)[C@@H](F)[C@@H](OP(=O)(O)OC[C@H]3O[C@@H](n4ccc(=O)[nH]c4=O)C[C@@H]3F)n3cnc4c(N)ncnc43)cc2)cc1. The molecule has 4 heterocycles. The molecule has 0 bridgehead atoms. The molecule has 2 unspecified atom stereocenters. The van der Waals surface area contributed by atoms with Crippen molar-refractivity contribution in [1.82, 2.24) is 29.1 Å². The van der Waals surface area contributed by atoms with Gasteiger partial charge in [-0.2, -0.15) is 0 Å². The molecule has 0 amide bonds. The number of methoxy groups -OCH3 is 2. The Kier molecular flexibility index (Phi) is 14.9. The van der Waals surface area contributed by atoms with Crippen LogP contribution in [0, 0.1) is 0 Å². The lowest BCUT2D eigenvalue weighted by Crippen LogP contribution is -2.37. The lowest BCUT2D eigenvalue weighted by atomic mass is 10.2. The number of carbonyl (C=O) groups excluding carboxylic acids is 1. The Balaban J connectivity index is 1.11. The van der Waals surface area contributed by atoms with Gasteiger partial charge in [-0.05, 0) is 53.3 Å². The van der Waals surface area contributed by atoms with Crippen molar-refractivity contribution in [2.45, 2.75) is 49.2 Å². The minimum atomic E-state index is -5.34. The monoisotopic (exact) mass is 913 g/mol. The number of H-pyrrole nitrogens is 1. The summed E-state index contributed by atoms with van der Waals surface area (Å²) in [5.41, 5.74) is 5.14. The Labute approximate surface area is 348 Å². The van der Waals surface area contributed by atoms with E-state index in [2.05, 4.69) is 15.0 Å². The number of fused-ring (bicyclic) bond motifs is 1. The van der Waals surface area contributed by atoms with Gasteiger partial charge in [0.25, 0.3) is 5.56 Å². The Bertz CT molecular complexity index is 2520. The number of phosphoric ester groups is 1. The standard InChI is InChI=1S/C35H39F2N7O14P2S/c1-51-22-10-6-21(7-11-22)34(46)56-23-8-4-20(5-9-23)17-61-60(50,53-3)55-16-26(52-2)29(37)33(44-19-41-30-31(38)39-18-40-32(30)44)58-59(48,49)54-15-25-24(36)14-28(57-25)43-13-12-27(45)42-35(43)47/h4-13,18-19,24-26,28-29,33H,14-17H2,1-3H3,(H,48,49)(H2,38,39,40)(H,42,45,47)/t24-,25+,26+,28+,29+,33+,60?/m0/s1. The number of rotatable bonds is 20. The number of hydrogen-bond acceptors (Lipinski definition) is 18. The number of carbonyl (C=O) groups is 1. The third-order valence-corrected chi connectivity index (χ3v) is 13.8. The number of phosphoric acid groups is 1. The number of ether oxygens (including phenoxy) is 4. The summed E-state index contributed by atoms with van der Waals surface area (Å²) in [5, 5.41) is 0. The molecule has 0 radical (unpaired) electrons. The molecule has 5 aromatic rings. The number of esters is 1. The van der Waals surface area contributed by atoms with E-state index >= 15 is 4.39 Å². The van der Waals surface area contributed by atoms with Crippen LogP contribution in [0.5, 0.6) is 11.5 Å². The molecule has 61 heavy (non-hydrogen) atoms. The number of nitrogen functional groups attached to an aromatic ring is 1. The fourth-order valence-electron chi connectivity index (χ4n) is 5.80. The van der Waals surface area contributed by atoms with Crippen LogP contribution in [0.1, 0.15) is 34.8 Å². The molecule has 1 aliphatic heterocycles. The first-order valence-corrected chi connectivity index (χ1v) is 22.5. The van der Waals surface area contributed by atoms with Gasteiger partial charge in [-0.15, -0.1) is 0 Å². The van der Waals surface area contributed by atoms with Crippen LogP contribution in [0.3, 0.4) is 0 Å². The zero-order valence-corrected chi connectivity index (χ0v) is 35.0. The van der Waals surface area contributed by atoms with Crippen molar-refractivity contribution >= 4 is 49.0 Å². The lowest BCUT2D eigenvalue weighted by Gasteiger charge is -2.30. The van der Waals surface area contributed by atoms with E-state index in [9.17, 15) is 32.8 Å². The molecular weight excluding hydrogens is 874 g/mol. The van der Waals surface area contributed by atoms with E-state index in [1.165, 1.54) is 19.2 Å². The van der Waals surface area contributed by atoms with Crippen molar-refractivity contribution in [3.05, 3.63) is 105 Å². The molecule has 328 valence electrons. The van der Waals surface area contributed by atoms with Crippen molar-refractivity contribution in [3.8, 4) is 11.5 Å². The largest absolute Gasteiger partial charge is 0.497 e. The molecule has 0 spiro atoms. The highest BCUT2D eigenvalue weighted by molar-refractivity contribution is 8.54. The van der Waals surface area contributed by atoms with Gasteiger partial charge in [0.05, 0.1) is 32.2 Å². The van der Waals surface area contributed by atoms with Gasteiger partial charge in [0.1, 0.15) is 48.0 Å². The summed E-state index contributed by atoms with van der Waals surface area (Å²) in [6, 6.07) is 13.7. The number of imidazole rings is 1. The van der Waals surface area contributed by atoms with Gasteiger partial charge in [-0.25, -0.2) is 42.5 Å². The molecular formula is C35H39F2N7O14P2S. The fourth-order valence-corrected chi connectivity index (χ4v) is 9.44. The number of nitrogens with zero attached hydrogens (tertiary/aromatic N) is 5. The first-order chi connectivity index (χ1) is 29.1. The minimum absolute atomic E-state index is 0.0194. The van der Waals surface area contributed by atoms with Crippen LogP contribution in [0.2, 0.25) is 0 Å². The minimum Gasteiger partial charge on any atom is -0.497 e. The molecule has 3 aromatic heterocycles. The van der Waals surface area contributed by atoms with Crippen LogP contribution < -0.4 is 26.5 Å². The predicted molar refractivity (Wildman–Crippen MR) is 212 cm³/mol. The molecule has 4 N–H and O–H groups in total. The Morgan fingerprint density at radius 3 is 2.44 bits per heavy atom. The van der Waals surface area contributed by atoms with Gasteiger partial charge in [-0.1, -0.05) is 12.1 Å². The van der Waals surface area contributed by atoms with E-state index < -0.39 is 82.1 Å². The maximum absolute atomic E-state index is 16.7. The highest BCUT2D eigenvalue weighted by Crippen LogP contribution is 2.61. The molecule has 1 fully saturated rings. The topological polar surface area (TPSA) is 270 Å². The van der Waals surface area contributed by atoms with E-state index in [1.807, 2.05) is 4.98 Å². The molecule has 6 rings (SSSR count). The summed E-state index contributed by atoms with van der Waals surface area (Å²) in [6.45, 7) is -5.67. The molecule has 21 nitrogen and oxygen atoms in total. The summed E-state index contributed by atoms with van der Waals surface area (Å²) < 4.78 is 103. The van der Waals surface area contributed by atoms with E-state index in [0.29, 0.717) is 16.9 Å². The maximum atomic E-state index is 16.7. The molecule has 8 atom stereocenters. The molecule has 0 saturated carbocycles. The second kappa shape index (κ2) is 19.9. The highest BCUT2D eigenvalue weighted by Gasteiger charge is 2.43. The number of hydrogen-bond donors (Lipinski definition) is 3. The van der Waals surface area contributed by atoms with E-state index in [0.717, 1.165) is 59.7 Å². The van der Waals surface area contributed by atoms with Crippen LogP contribution >= 0.6 is 26.0 Å². The van der Waals surface area contributed by atoms with Crippen LogP contribution in [0.15, 0.2) is 83.0 Å². The van der Waals surface area contributed by atoms with Crippen molar-refractivity contribution in [3.63, 3.8) is 0 Å². The second-order valence-corrected chi connectivity index (χ2v) is 18.5. The number of halogens is 2. The number of aromatic amines is 1. The zero-order chi connectivity index (χ0) is 43.9. The molecule has 26 heteroatoms. The Hall–Kier alpha value is -4.87. The third-order valence-electron chi connectivity index (χ3n) is 9.03. The third kappa shape index (κ3) is 11.3. The average molecular weight is 914 g/mol. The maximum Gasteiger partial charge on any atom is 0.474 e. The van der Waals surface area contributed by atoms with Crippen LogP contribution in [-0.4, -0.2) is 99.0 Å². The summed E-state index contributed by atoms with van der Waals surface area (Å²) in [5.74, 6) is 0.195. The van der Waals surface area contributed by atoms with E-state index in [4.69, 9.17) is 42.8 Å². The molecule has 1 aliphatic rings. The number of nitrogens with two attached hydrogens (primary N) is 1. The normalized spacial score (nSPS) is 20.1. The van der Waals surface area contributed by atoms with Crippen molar-refractivity contribution in [2.24, 2.45) is 0 Å². The molecule has 1 saturated heterocycles. The van der Waals surface area contributed by atoms with Crippen LogP contribution in [0.4, 0.5) is 14.6 Å². The Morgan fingerprint density at radius 1 is 1.05 bits per heavy atom. The highest BCUT2D eigenvalue weighted by atomic mass is 32.7. The molecule has 0 aliphatic carbocycles. The number of anilines is 1. The average Bonchev–Trinajstić information content (AvgIpc) is 3.85. The van der Waals surface area contributed by atoms with Crippen LogP contribution in [0.25, 0.3) is 11.2 Å². The summed E-state index contributed by atoms with van der Waals surface area (Å²) >= 11 is 0.754.